The van der Waals surface area contributed by atoms with Gasteiger partial charge in [-0.05, 0) is 49.2 Å². The van der Waals surface area contributed by atoms with Crippen molar-refractivity contribution < 1.29 is 13.3 Å². The van der Waals surface area contributed by atoms with E-state index in [0.717, 1.165) is 44.7 Å². The average Bonchev–Trinajstić information content (AvgIpc) is 3.02. The van der Waals surface area contributed by atoms with Crippen LogP contribution in [0.4, 0.5) is 17.1 Å². The number of benzene rings is 2. The minimum absolute atomic E-state index is 0.0132. The third-order valence-corrected chi connectivity index (χ3v) is 6.86. The van der Waals surface area contributed by atoms with Crippen LogP contribution in [0.25, 0.3) is 0 Å². The van der Waals surface area contributed by atoms with Crippen LogP contribution in [-0.2, 0) is 10.0 Å². The van der Waals surface area contributed by atoms with Crippen LogP contribution in [0.1, 0.15) is 12.8 Å². The van der Waals surface area contributed by atoms with Crippen LogP contribution in [0.15, 0.2) is 53.4 Å². The van der Waals surface area contributed by atoms with Crippen LogP contribution in [0.2, 0.25) is 0 Å². The van der Waals surface area contributed by atoms with Crippen LogP contribution in [0, 0.1) is 10.1 Å². The summed E-state index contributed by atoms with van der Waals surface area (Å²) in [6.07, 6.45) is 2.32. The Bertz CT molecular complexity index is 952. The molecule has 8 nitrogen and oxygen atoms in total. The van der Waals surface area contributed by atoms with E-state index in [-0.39, 0.29) is 10.6 Å². The lowest BCUT2D eigenvalue weighted by Crippen LogP contribution is -2.37. The second kappa shape index (κ2) is 7.40. The normalized spacial score (nSPS) is 21.9. The highest BCUT2D eigenvalue weighted by atomic mass is 32.2. The third kappa shape index (κ3) is 3.81. The number of anilines is 2. The number of nitro benzene ring substituents is 1. The van der Waals surface area contributed by atoms with E-state index in [2.05, 4.69) is 14.5 Å². The van der Waals surface area contributed by atoms with E-state index in [4.69, 9.17) is 0 Å². The molecule has 3 heterocycles. The second-order valence-corrected chi connectivity index (χ2v) is 8.85. The molecule has 148 valence electrons. The summed E-state index contributed by atoms with van der Waals surface area (Å²) in [5.74, 6) is 0. The summed E-state index contributed by atoms with van der Waals surface area (Å²) >= 11 is 0. The molecule has 0 saturated carbocycles. The van der Waals surface area contributed by atoms with E-state index in [0.29, 0.717) is 11.7 Å². The molecular weight excluding hydrogens is 380 g/mol. The monoisotopic (exact) mass is 402 g/mol. The molecular formula is C19H22N4O4S. The summed E-state index contributed by atoms with van der Waals surface area (Å²) in [7, 11) is -3.80. The topological polar surface area (TPSA) is 95.8 Å². The van der Waals surface area contributed by atoms with Crippen molar-refractivity contribution in [2.45, 2.75) is 23.8 Å². The first kappa shape index (κ1) is 18.7. The van der Waals surface area contributed by atoms with Crippen LogP contribution in [0.5, 0.6) is 0 Å². The van der Waals surface area contributed by atoms with E-state index in [1.165, 1.54) is 24.3 Å². The number of non-ortho nitro benzene ring substituents is 1. The minimum atomic E-state index is -3.80. The number of rotatable bonds is 5. The fourth-order valence-electron chi connectivity index (χ4n) is 3.91. The predicted octanol–water partition coefficient (Wildman–Crippen LogP) is 2.68. The van der Waals surface area contributed by atoms with Gasteiger partial charge in [-0.3, -0.25) is 14.8 Å². The molecule has 0 aromatic heterocycles. The summed E-state index contributed by atoms with van der Waals surface area (Å²) in [6, 6.07) is 12.8. The summed E-state index contributed by atoms with van der Waals surface area (Å²) < 4.78 is 27.6. The highest BCUT2D eigenvalue weighted by molar-refractivity contribution is 7.92. The number of nitro groups is 1. The molecule has 0 aliphatic carbocycles. The molecule has 2 bridgehead atoms. The Morgan fingerprint density at radius 1 is 0.929 bits per heavy atom. The van der Waals surface area contributed by atoms with Crippen molar-refractivity contribution in [3.05, 3.63) is 58.6 Å². The van der Waals surface area contributed by atoms with Crippen molar-refractivity contribution in [2.75, 3.05) is 35.8 Å². The molecule has 1 N–H and O–H groups in total. The second-order valence-electron chi connectivity index (χ2n) is 7.17. The van der Waals surface area contributed by atoms with Gasteiger partial charge < -0.3 is 9.80 Å². The summed E-state index contributed by atoms with van der Waals surface area (Å²) in [4.78, 5) is 15.1. The van der Waals surface area contributed by atoms with Crippen LogP contribution in [-0.4, -0.2) is 50.5 Å². The van der Waals surface area contributed by atoms with Gasteiger partial charge in [-0.25, -0.2) is 8.42 Å². The molecule has 0 atom stereocenters. The molecule has 0 unspecified atom stereocenters. The highest BCUT2D eigenvalue weighted by Gasteiger charge is 2.29. The molecule has 0 amide bonds. The number of piperidine rings is 1. The van der Waals surface area contributed by atoms with Gasteiger partial charge in [0, 0.05) is 55.7 Å². The van der Waals surface area contributed by atoms with Gasteiger partial charge in [0.25, 0.3) is 15.7 Å². The maximum absolute atomic E-state index is 12.5. The van der Waals surface area contributed by atoms with Crippen LogP contribution >= 0.6 is 0 Å². The van der Waals surface area contributed by atoms with E-state index in [9.17, 15) is 18.5 Å². The standard InChI is InChI=1S/C19H22N4O4S/c24-23(25)18-5-7-19(8-6-18)28(26,27)20-15-1-3-16(4-2-15)22-14-13-21-11-9-17(22)10-12-21/h1-8,17,20H,9-14H2. The Morgan fingerprint density at radius 2 is 1.57 bits per heavy atom. The molecule has 3 fully saturated rings. The largest absolute Gasteiger partial charge is 0.367 e. The Hall–Kier alpha value is -2.65. The SMILES string of the molecule is O=[N+]([O-])c1ccc(S(=O)(=O)Nc2ccc(N3CCN4CCC3CC4)cc2)cc1. The average molecular weight is 402 g/mol. The molecule has 3 saturated heterocycles. The van der Waals surface area contributed by atoms with E-state index >= 15 is 0 Å². The van der Waals surface area contributed by atoms with Gasteiger partial charge in [0.15, 0.2) is 0 Å². The highest BCUT2D eigenvalue weighted by Crippen LogP contribution is 2.28. The first-order chi connectivity index (χ1) is 13.4. The molecule has 9 heteroatoms. The zero-order chi connectivity index (χ0) is 19.7. The number of sulfonamides is 1. The smallest absolute Gasteiger partial charge is 0.269 e. The maximum Gasteiger partial charge on any atom is 0.269 e. The van der Waals surface area contributed by atoms with Crippen LogP contribution in [0.3, 0.4) is 0 Å². The third-order valence-electron chi connectivity index (χ3n) is 5.46. The first-order valence-corrected chi connectivity index (χ1v) is 10.8. The van der Waals surface area contributed by atoms with E-state index in [1.807, 2.05) is 12.1 Å². The molecule has 3 aliphatic rings. The van der Waals surface area contributed by atoms with Gasteiger partial charge in [-0.1, -0.05) is 0 Å². The van der Waals surface area contributed by atoms with E-state index < -0.39 is 14.9 Å². The summed E-state index contributed by atoms with van der Waals surface area (Å²) in [5, 5.41) is 10.7. The van der Waals surface area contributed by atoms with Gasteiger partial charge in [-0.2, -0.15) is 0 Å². The van der Waals surface area contributed by atoms with Gasteiger partial charge in [0.1, 0.15) is 0 Å². The zero-order valence-corrected chi connectivity index (χ0v) is 16.1. The van der Waals surface area contributed by atoms with Crippen LogP contribution < -0.4 is 9.62 Å². The van der Waals surface area contributed by atoms with Gasteiger partial charge >= 0.3 is 0 Å². The molecule has 3 aliphatic heterocycles. The quantitative estimate of drug-likeness (QED) is 0.610. The van der Waals surface area contributed by atoms with Gasteiger partial charge in [0.2, 0.25) is 0 Å². The lowest BCUT2D eigenvalue weighted by Gasteiger charge is -2.33. The lowest BCUT2D eigenvalue weighted by molar-refractivity contribution is -0.384. The van der Waals surface area contributed by atoms with E-state index in [1.54, 1.807) is 12.1 Å². The lowest BCUT2D eigenvalue weighted by atomic mass is 10.0. The number of nitrogens with one attached hydrogen (secondary N) is 1. The fraction of sp³-hybridized carbons (Fsp3) is 0.368. The Balaban J connectivity index is 1.48. The molecule has 0 spiro atoms. The maximum atomic E-state index is 12.5. The molecule has 5 rings (SSSR count). The summed E-state index contributed by atoms with van der Waals surface area (Å²) in [5.41, 5.74) is 1.42. The van der Waals surface area contributed by atoms with Crippen molar-refractivity contribution in [2.24, 2.45) is 0 Å². The Kier molecular flexibility index (Phi) is 4.94. The number of fused-ring (bicyclic) bond motifs is 4. The van der Waals surface area contributed by atoms with Crippen molar-refractivity contribution in [3.8, 4) is 0 Å². The first-order valence-electron chi connectivity index (χ1n) is 9.29. The van der Waals surface area contributed by atoms with Gasteiger partial charge in [-0.15, -0.1) is 0 Å². The zero-order valence-electron chi connectivity index (χ0n) is 15.3. The molecule has 2 aromatic carbocycles. The summed E-state index contributed by atoms with van der Waals surface area (Å²) in [6.45, 7) is 4.34. The molecule has 2 aromatic rings. The molecule has 0 radical (unpaired) electrons. The van der Waals surface area contributed by atoms with Crippen molar-refractivity contribution >= 4 is 27.1 Å². The van der Waals surface area contributed by atoms with Crippen molar-refractivity contribution in [1.82, 2.24) is 4.90 Å². The Labute approximate surface area is 164 Å². The fourth-order valence-corrected chi connectivity index (χ4v) is 4.97. The molecule has 28 heavy (non-hydrogen) atoms. The number of hydrogen-bond donors (Lipinski definition) is 1. The van der Waals surface area contributed by atoms with Crippen molar-refractivity contribution in [3.63, 3.8) is 0 Å². The predicted molar refractivity (Wildman–Crippen MR) is 107 cm³/mol. The van der Waals surface area contributed by atoms with Crippen molar-refractivity contribution in [1.29, 1.82) is 0 Å². The number of nitrogens with zero attached hydrogens (tertiary/aromatic N) is 3. The number of hydrogen-bond acceptors (Lipinski definition) is 6. The minimum Gasteiger partial charge on any atom is -0.367 e. The van der Waals surface area contributed by atoms with Gasteiger partial charge in [0.05, 0.1) is 9.82 Å². The Morgan fingerprint density at radius 3 is 2.18 bits per heavy atom.